The molecule has 0 unspecified atom stereocenters. The van der Waals surface area contributed by atoms with Crippen LogP contribution in [0.5, 0.6) is 0 Å². The highest BCUT2D eigenvalue weighted by molar-refractivity contribution is 5.91. The van der Waals surface area contributed by atoms with E-state index >= 15 is 0 Å². The van der Waals surface area contributed by atoms with Crippen LogP contribution in [-0.2, 0) is 28.5 Å². The van der Waals surface area contributed by atoms with Gasteiger partial charge in [-0.3, -0.25) is 4.79 Å². The molecule has 6 nitrogen and oxygen atoms in total. The molecule has 0 radical (unpaired) electrons. The van der Waals surface area contributed by atoms with Crippen molar-refractivity contribution in [2.45, 2.75) is 25.7 Å². The number of esters is 2. The number of fused-ring (bicyclic) bond motifs is 1. The molecule has 0 bridgehead atoms. The normalized spacial score (nSPS) is 37.8. The van der Waals surface area contributed by atoms with Crippen LogP contribution >= 0.6 is 0 Å². The van der Waals surface area contributed by atoms with E-state index in [9.17, 15) is 9.59 Å². The molecule has 0 N–H and O–H groups in total. The zero-order valence-electron chi connectivity index (χ0n) is 10.5. The van der Waals surface area contributed by atoms with E-state index in [-0.39, 0.29) is 30.3 Å². The number of carbonyl (C=O) groups excluding carboxylic acids is 2. The van der Waals surface area contributed by atoms with Crippen LogP contribution in [-0.4, -0.2) is 38.6 Å². The average molecular weight is 256 g/mol. The third-order valence-corrected chi connectivity index (χ3v) is 3.36. The van der Waals surface area contributed by atoms with Crippen LogP contribution in [0.15, 0.2) is 11.8 Å². The summed E-state index contributed by atoms with van der Waals surface area (Å²) in [5.41, 5.74) is 0.360. The Balaban J connectivity index is 2.35. The first-order valence-electron chi connectivity index (χ1n) is 5.74. The van der Waals surface area contributed by atoms with Crippen molar-refractivity contribution in [3.8, 4) is 0 Å². The second kappa shape index (κ2) is 4.97. The Kier molecular flexibility index (Phi) is 3.56. The van der Waals surface area contributed by atoms with Gasteiger partial charge >= 0.3 is 11.9 Å². The largest absolute Gasteiger partial charge is 0.504 e. The summed E-state index contributed by atoms with van der Waals surface area (Å²) in [6.07, 6.45) is 0.408. The molecule has 0 spiro atoms. The van der Waals surface area contributed by atoms with Crippen LogP contribution in [0.2, 0.25) is 0 Å². The van der Waals surface area contributed by atoms with Crippen molar-refractivity contribution in [3.05, 3.63) is 11.8 Å². The third-order valence-electron chi connectivity index (χ3n) is 3.36. The maximum absolute atomic E-state index is 11.8. The number of ether oxygens (including phenoxy) is 4. The monoisotopic (exact) mass is 256 g/mol. The molecule has 0 aliphatic carbocycles. The molecule has 18 heavy (non-hydrogen) atoms. The summed E-state index contributed by atoms with van der Waals surface area (Å²) in [5.74, 6) is -1.32. The van der Waals surface area contributed by atoms with Crippen LogP contribution in [0.3, 0.4) is 0 Å². The van der Waals surface area contributed by atoms with Crippen LogP contribution in [0, 0.1) is 11.8 Å². The van der Waals surface area contributed by atoms with Gasteiger partial charge < -0.3 is 18.9 Å². The third kappa shape index (κ3) is 2.08. The lowest BCUT2D eigenvalue weighted by atomic mass is 9.77. The van der Waals surface area contributed by atoms with E-state index in [0.717, 1.165) is 0 Å². The van der Waals surface area contributed by atoms with Crippen LogP contribution in [0.25, 0.3) is 0 Å². The van der Waals surface area contributed by atoms with Crippen molar-refractivity contribution in [1.82, 2.24) is 0 Å². The van der Waals surface area contributed by atoms with Crippen molar-refractivity contribution in [2.75, 3.05) is 14.2 Å². The van der Waals surface area contributed by atoms with Gasteiger partial charge in [0.05, 0.1) is 31.3 Å². The summed E-state index contributed by atoms with van der Waals surface area (Å²) in [5, 5.41) is 0. The molecule has 2 saturated heterocycles. The molecule has 0 aromatic heterocycles. The molecule has 2 aliphatic heterocycles. The lowest BCUT2D eigenvalue weighted by Crippen LogP contribution is -2.51. The molecule has 0 aromatic rings. The molecular formula is C12H16O6. The van der Waals surface area contributed by atoms with Gasteiger partial charge in [-0.1, -0.05) is 0 Å². The lowest BCUT2D eigenvalue weighted by Gasteiger charge is -2.42. The summed E-state index contributed by atoms with van der Waals surface area (Å²) in [6, 6.07) is 0. The van der Waals surface area contributed by atoms with E-state index in [1.165, 1.54) is 20.5 Å². The zero-order valence-corrected chi connectivity index (χ0v) is 10.5. The highest BCUT2D eigenvalue weighted by atomic mass is 16.7. The lowest BCUT2D eigenvalue weighted by molar-refractivity contribution is -0.220. The predicted octanol–water partition coefficient (Wildman–Crippen LogP) is 0.614. The Morgan fingerprint density at radius 3 is 2.61 bits per heavy atom. The van der Waals surface area contributed by atoms with Crippen molar-refractivity contribution in [2.24, 2.45) is 11.8 Å². The first-order chi connectivity index (χ1) is 8.58. The second-order valence-electron chi connectivity index (χ2n) is 4.40. The van der Waals surface area contributed by atoms with Crippen molar-refractivity contribution >= 4 is 11.9 Å². The fourth-order valence-electron chi connectivity index (χ4n) is 2.58. The maximum atomic E-state index is 11.8. The first kappa shape index (κ1) is 12.9. The quantitative estimate of drug-likeness (QED) is 0.409. The van der Waals surface area contributed by atoms with E-state index in [0.29, 0.717) is 5.57 Å². The molecule has 4 atom stereocenters. The van der Waals surface area contributed by atoms with Gasteiger partial charge in [0.1, 0.15) is 6.10 Å². The van der Waals surface area contributed by atoms with Crippen molar-refractivity contribution in [3.63, 3.8) is 0 Å². The molecule has 2 aliphatic rings. The molecule has 0 saturated carbocycles. The molecule has 2 fully saturated rings. The summed E-state index contributed by atoms with van der Waals surface area (Å²) in [4.78, 5) is 23.3. The first-order valence-corrected chi connectivity index (χ1v) is 5.74. The number of rotatable bonds is 2. The van der Waals surface area contributed by atoms with Crippen molar-refractivity contribution in [1.29, 1.82) is 0 Å². The minimum absolute atomic E-state index is 0.138. The van der Waals surface area contributed by atoms with E-state index < -0.39 is 12.3 Å². The molecule has 2 heterocycles. The molecule has 0 amide bonds. The van der Waals surface area contributed by atoms with Gasteiger partial charge in [0, 0.05) is 13.0 Å². The maximum Gasteiger partial charge on any atom is 0.339 e. The van der Waals surface area contributed by atoms with Crippen molar-refractivity contribution < 1.29 is 28.5 Å². The van der Waals surface area contributed by atoms with E-state index in [1.807, 2.05) is 0 Å². The molecule has 100 valence electrons. The Morgan fingerprint density at radius 2 is 2.00 bits per heavy atom. The van der Waals surface area contributed by atoms with E-state index in [4.69, 9.17) is 18.9 Å². The summed E-state index contributed by atoms with van der Waals surface area (Å²) in [6.45, 7) is 1.77. The zero-order chi connectivity index (χ0) is 13.3. The Labute approximate surface area is 105 Å². The predicted molar refractivity (Wildman–Crippen MR) is 59.1 cm³/mol. The highest BCUT2D eigenvalue weighted by Gasteiger charge is 2.50. The Morgan fingerprint density at radius 1 is 1.28 bits per heavy atom. The minimum atomic E-state index is -0.695. The van der Waals surface area contributed by atoms with E-state index in [1.54, 1.807) is 6.92 Å². The molecule has 2 rings (SSSR count). The van der Waals surface area contributed by atoms with Gasteiger partial charge in [-0.05, 0) is 6.92 Å². The fourth-order valence-corrected chi connectivity index (χ4v) is 2.58. The SMILES string of the molecule is COC=C1C(=O)O[C@@H](OC)[C@H]2[C@H](C)OC(=O)C[C@H]12. The van der Waals surface area contributed by atoms with Gasteiger partial charge in [0.25, 0.3) is 0 Å². The number of methoxy groups -OCH3 is 2. The number of carbonyl (C=O) groups is 2. The van der Waals surface area contributed by atoms with Crippen LogP contribution in [0.1, 0.15) is 13.3 Å². The van der Waals surface area contributed by atoms with Gasteiger partial charge in [0.2, 0.25) is 6.29 Å². The summed E-state index contributed by atoms with van der Waals surface area (Å²) in [7, 11) is 2.91. The van der Waals surface area contributed by atoms with E-state index in [2.05, 4.69) is 0 Å². The van der Waals surface area contributed by atoms with Crippen LogP contribution < -0.4 is 0 Å². The minimum Gasteiger partial charge on any atom is -0.504 e. The average Bonchev–Trinajstić information content (AvgIpc) is 2.32. The van der Waals surface area contributed by atoms with Gasteiger partial charge in [-0.25, -0.2) is 4.79 Å². The number of hydrogen-bond acceptors (Lipinski definition) is 6. The topological polar surface area (TPSA) is 71.1 Å². The highest BCUT2D eigenvalue weighted by Crippen LogP contribution is 2.40. The Bertz CT molecular complexity index is 388. The van der Waals surface area contributed by atoms with Gasteiger partial charge in [-0.2, -0.15) is 0 Å². The Hall–Kier alpha value is -1.56. The standard InChI is InChI=1S/C12H16O6/c1-6-10-7(4-9(13)17-6)8(5-15-2)11(14)18-12(10)16-3/h5-7,10,12H,4H2,1-3H3/t6-,7+,10-,12+/m0/s1. The van der Waals surface area contributed by atoms with Gasteiger partial charge in [-0.15, -0.1) is 0 Å². The smallest absolute Gasteiger partial charge is 0.339 e. The fraction of sp³-hybridized carbons (Fsp3) is 0.667. The number of cyclic esters (lactones) is 2. The summed E-state index contributed by atoms with van der Waals surface area (Å²) < 4.78 is 20.4. The molecule has 0 aromatic carbocycles. The van der Waals surface area contributed by atoms with Gasteiger partial charge in [0.15, 0.2) is 0 Å². The van der Waals surface area contributed by atoms with Crippen LogP contribution in [0.4, 0.5) is 0 Å². The second-order valence-corrected chi connectivity index (χ2v) is 4.40. The number of hydrogen-bond donors (Lipinski definition) is 0. The summed E-state index contributed by atoms with van der Waals surface area (Å²) >= 11 is 0. The molecule has 6 heteroatoms. The molecular weight excluding hydrogens is 240 g/mol.